The van der Waals surface area contributed by atoms with Gasteiger partial charge in [-0.3, -0.25) is 9.59 Å². The molecule has 19 heavy (non-hydrogen) atoms. The zero-order chi connectivity index (χ0) is 13.8. The Labute approximate surface area is 112 Å². The number of primary amides is 1. The van der Waals surface area contributed by atoms with Gasteiger partial charge in [0.2, 0.25) is 5.91 Å². The summed E-state index contributed by atoms with van der Waals surface area (Å²) in [4.78, 5) is 32.3. The summed E-state index contributed by atoms with van der Waals surface area (Å²) in [7, 11) is 0. The molecule has 0 bridgehead atoms. The molecule has 1 fully saturated rings. The molecular weight excluding hydrogens is 244 g/mol. The SMILES string of the molecule is CC(=O)N1CCC[C@@H](Cc2cc(C(N)=O)ncn2)C1. The molecule has 2 heterocycles. The number of carbonyl (C=O) groups is 2. The van der Waals surface area contributed by atoms with Crippen molar-refractivity contribution in [1.82, 2.24) is 14.9 Å². The van der Waals surface area contributed by atoms with E-state index in [2.05, 4.69) is 9.97 Å². The standard InChI is InChI=1S/C13H18N4O2/c1-9(18)17-4-2-3-10(7-17)5-11-6-12(13(14)19)16-8-15-11/h6,8,10H,2-5,7H2,1H3,(H2,14,19)/t10-/m0/s1. The van der Waals surface area contributed by atoms with Gasteiger partial charge in [0.15, 0.2) is 0 Å². The summed E-state index contributed by atoms with van der Waals surface area (Å²) >= 11 is 0. The van der Waals surface area contributed by atoms with Gasteiger partial charge in [-0.2, -0.15) is 0 Å². The molecule has 2 rings (SSSR count). The zero-order valence-electron chi connectivity index (χ0n) is 11.0. The molecule has 0 unspecified atom stereocenters. The molecule has 1 saturated heterocycles. The smallest absolute Gasteiger partial charge is 0.267 e. The first-order chi connectivity index (χ1) is 9.06. The van der Waals surface area contributed by atoms with Crippen LogP contribution in [0.3, 0.4) is 0 Å². The minimum Gasteiger partial charge on any atom is -0.364 e. The molecule has 1 atom stereocenters. The Morgan fingerprint density at radius 2 is 2.26 bits per heavy atom. The number of nitrogens with zero attached hydrogens (tertiary/aromatic N) is 3. The van der Waals surface area contributed by atoms with Crippen molar-refractivity contribution >= 4 is 11.8 Å². The van der Waals surface area contributed by atoms with Crippen LogP contribution in [0.1, 0.15) is 35.9 Å². The summed E-state index contributed by atoms with van der Waals surface area (Å²) in [6.07, 6.45) is 4.19. The first-order valence-electron chi connectivity index (χ1n) is 6.42. The van der Waals surface area contributed by atoms with Crippen molar-refractivity contribution in [1.29, 1.82) is 0 Å². The molecule has 1 aromatic rings. The van der Waals surface area contributed by atoms with Gasteiger partial charge in [0, 0.05) is 25.7 Å². The molecule has 2 amide bonds. The number of hydrogen-bond acceptors (Lipinski definition) is 4. The molecular formula is C13H18N4O2. The normalized spacial score (nSPS) is 19.2. The fourth-order valence-electron chi connectivity index (χ4n) is 2.46. The average molecular weight is 262 g/mol. The Morgan fingerprint density at radius 3 is 2.95 bits per heavy atom. The topological polar surface area (TPSA) is 89.2 Å². The minimum absolute atomic E-state index is 0.116. The highest BCUT2D eigenvalue weighted by Gasteiger charge is 2.22. The van der Waals surface area contributed by atoms with Crippen LogP contribution >= 0.6 is 0 Å². The van der Waals surface area contributed by atoms with Gasteiger partial charge >= 0.3 is 0 Å². The van der Waals surface area contributed by atoms with Crippen molar-refractivity contribution in [2.75, 3.05) is 13.1 Å². The number of carbonyl (C=O) groups excluding carboxylic acids is 2. The van der Waals surface area contributed by atoms with Gasteiger partial charge in [-0.05, 0) is 31.2 Å². The summed E-state index contributed by atoms with van der Waals surface area (Å²) in [5.74, 6) is -0.0452. The Hall–Kier alpha value is -1.98. The quantitative estimate of drug-likeness (QED) is 0.852. The van der Waals surface area contributed by atoms with Gasteiger partial charge in [-0.15, -0.1) is 0 Å². The lowest BCUT2D eigenvalue weighted by Gasteiger charge is -2.31. The Morgan fingerprint density at radius 1 is 1.47 bits per heavy atom. The highest BCUT2D eigenvalue weighted by molar-refractivity contribution is 5.90. The van der Waals surface area contributed by atoms with Crippen LogP contribution in [0.25, 0.3) is 0 Å². The number of piperidine rings is 1. The van der Waals surface area contributed by atoms with E-state index in [1.165, 1.54) is 6.33 Å². The molecule has 1 aliphatic heterocycles. The first kappa shape index (κ1) is 13.5. The highest BCUT2D eigenvalue weighted by atomic mass is 16.2. The van der Waals surface area contributed by atoms with Crippen LogP contribution in [0.2, 0.25) is 0 Å². The average Bonchev–Trinajstić information content (AvgIpc) is 2.39. The largest absolute Gasteiger partial charge is 0.364 e. The van der Waals surface area contributed by atoms with Crippen molar-refractivity contribution in [3.8, 4) is 0 Å². The van der Waals surface area contributed by atoms with Crippen LogP contribution in [-0.4, -0.2) is 39.8 Å². The van der Waals surface area contributed by atoms with Crippen LogP contribution in [0.4, 0.5) is 0 Å². The maximum absolute atomic E-state index is 11.4. The van der Waals surface area contributed by atoms with E-state index in [4.69, 9.17) is 5.73 Å². The Bertz CT molecular complexity index is 489. The maximum atomic E-state index is 11.4. The molecule has 0 aliphatic carbocycles. The number of likely N-dealkylation sites (tertiary alicyclic amines) is 1. The van der Waals surface area contributed by atoms with Gasteiger partial charge in [0.05, 0.1) is 0 Å². The fourth-order valence-corrected chi connectivity index (χ4v) is 2.46. The highest BCUT2D eigenvalue weighted by Crippen LogP contribution is 2.20. The van der Waals surface area contributed by atoms with Gasteiger partial charge in [0.25, 0.3) is 5.91 Å². The van der Waals surface area contributed by atoms with Crippen LogP contribution in [0.5, 0.6) is 0 Å². The molecule has 0 aromatic carbocycles. The second-order valence-corrected chi connectivity index (χ2v) is 4.94. The van der Waals surface area contributed by atoms with E-state index in [1.807, 2.05) is 4.90 Å². The Balaban J connectivity index is 2.02. The fraction of sp³-hybridized carbons (Fsp3) is 0.538. The molecule has 0 saturated carbocycles. The molecule has 1 aliphatic rings. The van der Waals surface area contributed by atoms with E-state index in [0.717, 1.165) is 38.0 Å². The van der Waals surface area contributed by atoms with Crippen molar-refractivity contribution in [3.63, 3.8) is 0 Å². The number of aromatic nitrogens is 2. The second kappa shape index (κ2) is 5.77. The molecule has 2 N–H and O–H groups in total. The molecule has 0 radical (unpaired) electrons. The third kappa shape index (κ3) is 3.49. The lowest BCUT2D eigenvalue weighted by molar-refractivity contribution is -0.130. The Kier molecular flexibility index (Phi) is 4.09. The van der Waals surface area contributed by atoms with Gasteiger partial charge < -0.3 is 10.6 Å². The number of nitrogens with two attached hydrogens (primary N) is 1. The summed E-state index contributed by atoms with van der Waals surface area (Å²) in [6, 6.07) is 1.63. The van der Waals surface area contributed by atoms with E-state index >= 15 is 0 Å². The first-order valence-corrected chi connectivity index (χ1v) is 6.42. The van der Waals surface area contributed by atoms with E-state index in [1.54, 1.807) is 13.0 Å². The molecule has 102 valence electrons. The summed E-state index contributed by atoms with van der Waals surface area (Å²) in [6.45, 7) is 3.19. The lowest BCUT2D eigenvalue weighted by atomic mass is 9.93. The maximum Gasteiger partial charge on any atom is 0.267 e. The van der Waals surface area contributed by atoms with Crippen molar-refractivity contribution < 1.29 is 9.59 Å². The third-order valence-corrected chi connectivity index (χ3v) is 3.44. The molecule has 6 heteroatoms. The van der Waals surface area contributed by atoms with Crippen LogP contribution in [0.15, 0.2) is 12.4 Å². The van der Waals surface area contributed by atoms with Crippen molar-refractivity contribution in [2.45, 2.75) is 26.2 Å². The summed E-state index contributed by atoms with van der Waals surface area (Å²) in [5.41, 5.74) is 6.24. The minimum atomic E-state index is -0.544. The number of rotatable bonds is 3. The monoisotopic (exact) mass is 262 g/mol. The van der Waals surface area contributed by atoms with Crippen molar-refractivity contribution in [3.05, 3.63) is 23.8 Å². The van der Waals surface area contributed by atoms with Gasteiger partial charge in [-0.1, -0.05) is 0 Å². The predicted molar refractivity (Wildman–Crippen MR) is 69.2 cm³/mol. The second-order valence-electron chi connectivity index (χ2n) is 4.94. The van der Waals surface area contributed by atoms with E-state index in [-0.39, 0.29) is 11.6 Å². The predicted octanol–water partition coefficient (Wildman–Crippen LogP) is 0.377. The van der Waals surface area contributed by atoms with Crippen LogP contribution in [0, 0.1) is 5.92 Å². The van der Waals surface area contributed by atoms with Gasteiger partial charge in [0.1, 0.15) is 12.0 Å². The zero-order valence-corrected chi connectivity index (χ0v) is 11.0. The lowest BCUT2D eigenvalue weighted by Crippen LogP contribution is -2.39. The number of amides is 2. The van der Waals surface area contributed by atoms with Crippen LogP contribution in [-0.2, 0) is 11.2 Å². The molecule has 0 spiro atoms. The van der Waals surface area contributed by atoms with E-state index < -0.39 is 5.91 Å². The van der Waals surface area contributed by atoms with Crippen molar-refractivity contribution in [2.24, 2.45) is 11.7 Å². The van der Waals surface area contributed by atoms with E-state index in [0.29, 0.717) is 5.92 Å². The number of hydrogen-bond donors (Lipinski definition) is 1. The van der Waals surface area contributed by atoms with E-state index in [9.17, 15) is 9.59 Å². The third-order valence-electron chi connectivity index (χ3n) is 3.44. The molecule has 1 aromatic heterocycles. The summed E-state index contributed by atoms with van der Waals surface area (Å²) in [5, 5.41) is 0. The van der Waals surface area contributed by atoms with Gasteiger partial charge in [-0.25, -0.2) is 9.97 Å². The van der Waals surface area contributed by atoms with Crippen LogP contribution < -0.4 is 5.73 Å². The molecule has 6 nitrogen and oxygen atoms in total. The summed E-state index contributed by atoms with van der Waals surface area (Å²) < 4.78 is 0.